The van der Waals surface area contributed by atoms with Crippen LogP contribution in [-0.2, 0) is 4.79 Å². The van der Waals surface area contributed by atoms with Crippen LogP contribution in [0, 0.1) is 25.2 Å². The molecule has 0 spiro atoms. The summed E-state index contributed by atoms with van der Waals surface area (Å²) in [5.41, 5.74) is 5.66. The fraction of sp³-hybridized carbons (Fsp3) is 0.136. The molecule has 0 bridgehead atoms. The number of nitrogens with zero attached hydrogens (tertiary/aromatic N) is 2. The monoisotopic (exact) mass is 374 g/mol. The van der Waals surface area contributed by atoms with Gasteiger partial charge in [0.1, 0.15) is 16.8 Å². The third kappa shape index (κ3) is 4.49. The summed E-state index contributed by atoms with van der Waals surface area (Å²) in [5.74, 6) is 0.113. The molecule has 0 fully saturated rings. The largest absolute Gasteiger partial charge is 0.427 e. The lowest BCUT2D eigenvalue weighted by molar-refractivity contribution is -0.131. The number of hydrogen-bond acceptors (Lipinski definition) is 5. The molecule has 27 heavy (non-hydrogen) atoms. The summed E-state index contributed by atoms with van der Waals surface area (Å²) in [6.45, 7) is 5.48. The summed E-state index contributed by atoms with van der Waals surface area (Å²) >= 11 is 1.45. The minimum atomic E-state index is -0.363. The summed E-state index contributed by atoms with van der Waals surface area (Å²) < 4.78 is 5.02. The van der Waals surface area contributed by atoms with Crippen molar-refractivity contribution < 1.29 is 9.53 Å². The summed E-state index contributed by atoms with van der Waals surface area (Å²) in [5, 5.41) is 12.2. The molecule has 1 aromatic heterocycles. The Morgan fingerprint density at radius 2 is 1.93 bits per heavy atom. The van der Waals surface area contributed by atoms with E-state index in [4.69, 9.17) is 4.74 Å². The number of thiazole rings is 1. The van der Waals surface area contributed by atoms with Crippen molar-refractivity contribution in [2.75, 3.05) is 0 Å². The maximum Gasteiger partial charge on any atom is 0.308 e. The van der Waals surface area contributed by atoms with Crippen molar-refractivity contribution in [2.24, 2.45) is 0 Å². The first-order valence-corrected chi connectivity index (χ1v) is 9.28. The van der Waals surface area contributed by atoms with E-state index in [1.54, 1.807) is 30.3 Å². The van der Waals surface area contributed by atoms with Crippen LogP contribution >= 0.6 is 11.3 Å². The lowest BCUT2D eigenvalue weighted by Crippen LogP contribution is -2.00. The minimum Gasteiger partial charge on any atom is -0.427 e. The number of aromatic nitrogens is 1. The maximum atomic E-state index is 11.0. The highest BCUT2D eigenvalue weighted by Crippen LogP contribution is 2.29. The van der Waals surface area contributed by atoms with Gasteiger partial charge in [-0.2, -0.15) is 5.26 Å². The number of hydrogen-bond donors (Lipinski definition) is 0. The number of carbonyl (C=O) groups excluding carboxylic acids is 1. The van der Waals surface area contributed by atoms with Gasteiger partial charge in [0.2, 0.25) is 0 Å². The quantitative estimate of drug-likeness (QED) is 0.348. The molecule has 0 aliphatic heterocycles. The van der Waals surface area contributed by atoms with E-state index in [9.17, 15) is 10.1 Å². The van der Waals surface area contributed by atoms with Crippen LogP contribution in [0.4, 0.5) is 0 Å². The van der Waals surface area contributed by atoms with Crippen LogP contribution in [0.3, 0.4) is 0 Å². The third-order valence-corrected chi connectivity index (χ3v) is 4.84. The zero-order valence-electron chi connectivity index (χ0n) is 15.3. The lowest BCUT2D eigenvalue weighted by atomic mass is 10.0. The van der Waals surface area contributed by atoms with Crippen molar-refractivity contribution in [3.05, 3.63) is 69.5 Å². The highest BCUT2D eigenvalue weighted by Gasteiger charge is 2.11. The standard InChI is InChI=1S/C22H18N2O2S/c1-14-4-9-20(15(2)10-14)21-13-27-22(24-21)18(12-23)11-17-5-7-19(8-6-17)26-16(3)25/h4-11,13H,1-3H3. The number of benzene rings is 2. The Morgan fingerprint density at radius 1 is 1.19 bits per heavy atom. The predicted molar refractivity (Wildman–Crippen MR) is 108 cm³/mol. The van der Waals surface area contributed by atoms with Crippen LogP contribution < -0.4 is 4.74 Å². The van der Waals surface area contributed by atoms with Gasteiger partial charge >= 0.3 is 5.97 Å². The number of rotatable bonds is 4. The summed E-state index contributed by atoms with van der Waals surface area (Å²) in [6.07, 6.45) is 1.78. The highest BCUT2D eigenvalue weighted by molar-refractivity contribution is 7.11. The number of allylic oxidation sites excluding steroid dienone is 1. The van der Waals surface area contributed by atoms with Crippen molar-refractivity contribution in [3.63, 3.8) is 0 Å². The number of ether oxygens (including phenoxy) is 1. The fourth-order valence-electron chi connectivity index (χ4n) is 2.73. The van der Waals surface area contributed by atoms with E-state index in [0.717, 1.165) is 22.4 Å². The van der Waals surface area contributed by atoms with Gasteiger partial charge in [-0.25, -0.2) is 4.98 Å². The molecular formula is C22H18N2O2S. The number of aryl methyl sites for hydroxylation is 2. The molecule has 5 heteroatoms. The van der Waals surface area contributed by atoms with Crippen LogP contribution in [0.25, 0.3) is 22.9 Å². The summed E-state index contributed by atoms with van der Waals surface area (Å²) in [7, 11) is 0. The van der Waals surface area contributed by atoms with E-state index < -0.39 is 0 Å². The van der Waals surface area contributed by atoms with Gasteiger partial charge in [-0.05, 0) is 43.2 Å². The van der Waals surface area contributed by atoms with E-state index in [1.807, 2.05) is 5.38 Å². The zero-order chi connectivity index (χ0) is 19.4. The Morgan fingerprint density at radius 3 is 2.56 bits per heavy atom. The van der Waals surface area contributed by atoms with Crippen molar-refractivity contribution in [1.82, 2.24) is 4.98 Å². The first-order valence-electron chi connectivity index (χ1n) is 8.40. The maximum absolute atomic E-state index is 11.0. The molecule has 0 atom stereocenters. The smallest absolute Gasteiger partial charge is 0.308 e. The molecule has 0 saturated carbocycles. The number of esters is 1. The van der Waals surface area contributed by atoms with Gasteiger partial charge in [0.15, 0.2) is 0 Å². The van der Waals surface area contributed by atoms with Gasteiger partial charge in [-0.3, -0.25) is 4.79 Å². The molecule has 134 valence electrons. The second-order valence-corrected chi connectivity index (χ2v) is 7.05. The first-order chi connectivity index (χ1) is 13.0. The van der Waals surface area contributed by atoms with Crippen LogP contribution in [0.2, 0.25) is 0 Å². The van der Waals surface area contributed by atoms with E-state index >= 15 is 0 Å². The van der Waals surface area contributed by atoms with Crippen molar-refractivity contribution >= 4 is 29.0 Å². The van der Waals surface area contributed by atoms with Crippen LogP contribution in [0.15, 0.2) is 47.8 Å². The average molecular weight is 374 g/mol. The molecular weight excluding hydrogens is 356 g/mol. The number of carbonyl (C=O) groups is 1. The van der Waals surface area contributed by atoms with Gasteiger partial charge in [-0.1, -0.05) is 35.9 Å². The van der Waals surface area contributed by atoms with E-state index in [0.29, 0.717) is 16.3 Å². The average Bonchev–Trinajstić information content (AvgIpc) is 3.10. The topological polar surface area (TPSA) is 63.0 Å². The molecule has 1 heterocycles. The molecule has 0 saturated heterocycles. The van der Waals surface area contributed by atoms with Gasteiger partial charge in [0.05, 0.1) is 11.3 Å². The Balaban J connectivity index is 1.88. The van der Waals surface area contributed by atoms with Crippen LogP contribution in [0.1, 0.15) is 28.6 Å². The Hall–Kier alpha value is -3.23. The first kappa shape index (κ1) is 18.6. The molecule has 3 rings (SSSR count). The van der Waals surface area contributed by atoms with Crippen molar-refractivity contribution in [3.8, 4) is 23.1 Å². The molecule has 0 unspecified atom stereocenters. The van der Waals surface area contributed by atoms with Crippen molar-refractivity contribution in [2.45, 2.75) is 20.8 Å². The van der Waals surface area contributed by atoms with Gasteiger partial charge in [-0.15, -0.1) is 11.3 Å². The lowest BCUT2D eigenvalue weighted by Gasteiger charge is -2.03. The van der Waals surface area contributed by atoms with E-state index in [1.165, 1.54) is 23.8 Å². The van der Waals surface area contributed by atoms with Gasteiger partial charge in [0, 0.05) is 17.9 Å². The Kier molecular flexibility index (Phi) is 5.49. The molecule has 0 N–H and O–H groups in total. The van der Waals surface area contributed by atoms with Crippen LogP contribution in [-0.4, -0.2) is 11.0 Å². The fourth-order valence-corrected chi connectivity index (χ4v) is 3.51. The summed E-state index contributed by atoms with van der Waals surface area (Å²) in [6, 6.07) is 15.5. The molecule has 2 aromatic carbocycles. The molecule has 0 aliphatic carbocycles. The SMILES string of the molecule is CC(=O)Oc1ccc(C=C(C#N)c2nc(-c3ccc(C)cc3C)cs2)cc1. The molecule has 0 aliphatic rings. The molecule has 4 nitrogen and oxygen atoms in total. The predicted octanol–water partition coefficient (Wildman–Crippen LogP) is 5.42. The van der Waals surface area contributed by atoms with Crippen LogP contribution in [0.5, 0.6) is 5.75 Å². The second-order valence-electron chi connectivity index (χ2n) is 6.19. The molecule has 0 radical (unpaired) electrons. The third-order valence-electron chi connectivity index (χ3n) is 3.97. The second kappa shape index (κ2) is 7.98. The summed E-state index contributed by atoms with van der Waals surface area (Å²) in [4.78, 5) is 15.6. The zero-order valence-corrected chi connectivity index (χ0v) is 16.1. The molecule has 0 amide bonds. The Bertz CT molecular complexity index is 1060. The Labute approximate surface area is 162 Å². The molecule has 3 aromatic rings. The van der Waals surface area contributed by atoms with E-state index in [-0.39, 0.29) is 5.97 Å². The normalized spacial score (nSPS) is 11.1. The van der Waals surface area contributed by atoms with Gasteiger partial charge < -0.3 is 4.74 Å². The van der Waals surface area contributed by atoms with Gasteiger partial charge in [0.25, 0.3) is 0 Å². The highest BCUT2D eigenvalue weighted by atomic mass is 32.1. The van der Waals surface area contributed by atoms with E-state index in [2.05, 4.69) is 43.1 Å². The number of nitriles is 1. The van der Waals surface area contributed by atoms with Crippen molar-refractivity contribution in [1.29, 1.82) is 5.26 Å². The minimum absolute atomic E-state index is 0.363.